The van der Waals surface area contributed by atoms with Crippen LogP contribution in [0.15, 0.2) is 24.1 Å². The summed E-state index contributed by atoms with van der Waals surface area (Å²) in [6.45, 7) is 5.10. The van der Waals surface area contributed by atoms with Crippen molar-refractivity contribution >= 4 is 0 Å². The van der Waals surface area contributed by atoms with E-state index >= 15 is 0 Å². The van der Waals surface area contributed by atoms with Crippen LogP contribution >= 0.6 is 0 Å². The highest BCUT2D eigenvalue weighted by molar-refractivity contribution is 5.10. The van der Waals surface area contributed by atoms with Gasteiger partial charge < -0.3 is 5.73 Å². The third kappa shape index (κ3) is 7.37. The van der Waals surface area contributed by atoms with Gasteiger partial charge in [-0.25, -0.2) is 4.39 Å². The van der Waals surface area contributed by atoms with Gasteiger partial charge in [0.25, 0.3) is 0 Å². The normalized spacial score (nSPS) is 14.7. The van der Waals surface area contributed by atoms with E-state index in [2.05, 4.69) is 0 Å². The molecule has 0 aliphatic rings. The molecule has 0 saturated heterocycles. The largest absolute Gasteiger partial charge is 0.322 e. The Hall–Kier alpha value is -0.630. The van der Waals surface area contributed by atoms with Crippen molar-refractivity contribution in [2.24, 2.45) is 5.73 Å². The fourth-order valence-electron chi connectivity index (χ4n) is 0.429. The summed E-state index contributed by atoms with van der Waals surface area (Å²) in [6, 6.07) is 0. The summed E-state index contributed by atoms with van der Waals surface area (Å²) in [5, 5.41) is 0. The van der Waals surface area contributed by atoms with Gasteiger partial charge in [0.2, 0.25) is 0 Å². The molecule has 0 spiro atoms. The first kappa shape index (κ1) is 9.37. The van der Waals surface area contributed by atoms with E-state index in [1.54, 1.807) is 12.2 Å². The van der Waals surface area contributed by atoms with Crippen molar-refractivity contribution in [2.75, 3.05) is 0 Å². The van der Waals surface area contributed by atoms with Crippen LogP contribution in [0.2, 0.25) is 0 Å². The zero-order chi connectivity index (χ0) is 8.20. The van der Waals surface area contributed by atoms with Gasteiger partial charge in [-0.15, -0.1) is 0 Å². The van der Waals surface area contributed by atoms with Gasteiger partial charge in [-0.1, -0.05) is 12.2 Å². The van der Waals surface area contributed by atoms with E-state index in [4.69, 9.17) is 5.73 Å². The monoisotopic (exact) mass is 143 g/mol. The Balaban J connectivity index is 3.90. The molecule has 0 aliphatic heterocycles. The first-order valence-electron chi connectivity index (χ1n) is 3.22. The second kappa shape index (κ2) is 3.52. The van der Waals surface area contributed by atoms with Gasteiger partial charge >= 0.3 is 0 Å². The van der Waals surface area contributed by atoms with Crippen LogP contribution in [-0.4, -0.2) is 5.54 Å². The van der Waals surface area contributed by atoms with Crippen molar-refractivity contribution in [3.05, 3.63) is 24.1 Å². The SMILES string of the molecule is CC(F)=CC=CC(C)(C)N. The highest BCUT2D eigenvalue weighted by Crippen LogP contribution is 2.00. The maximum atomic E-state index is 12.0. The van der Waals surface area contributed by atoms with Crippen LogP contribution in [0.25, 0.3) is 0 Å². The van der Waals surface area contributed by atoms with Gasteiger partial charge in [-0.05, 0) is 26.8 Å². The average molecular weight is 143 g/mol. The van der Waals surface area contributed by atoms with E-state index in [-0.39, 0.29) is 11.4 Å². The average Bonchev–Trinajstić information content (AvgIpc) is 1.59. The molecule has 0 amide bonds. The van der Waals surface area contributed by atoms with Crippen molar-refractivity contribution < 1.29 is 4.39 Å². The minimum atomic E-state index is -0.355. The summed E-state index contributed by atoms with van der Waals surface area (Å²) in [7, 11) is 0. The molecule has 0 saturated carbocycles. The highest BCUT2D eigenvalue weighted by Gasteiger charge is 2.01. The number of hydrogen-bond donors (Lipinski definition) is 1. The Kier molecular flexibility index (Phi) is 3.30. The van der Waals surface area contributed by atoms with E-state index in [9.17, 15) is 4.39 Å². The quantitative estimate of drug-likeness (QED) is 0.589. The fourth-order valence-corrected chi connectivity index (χ4v) is 0.429. The lowest BCUT2D eigenvalue weighted by Gasteiger charge is -2.10. The molecule has 0 rings (SSSR count). The lowest BCUT2D eigenvalue weighted by Crippen LogP contribution is -2.28. The number of rotatable bonds is 2. The van der Waals surface area contributed by atoms with E-state index in [0.717, 1.165) is 0 Å². The van der Waals surface area contributed by atoms with Crippen molar-refractivity contribution in [2.45, 2.75) is 26.3 Å². The zero-order valence-corrected chi connectivity index (χ0v) is 6.69. The third-order valence-electron chi connectivity index (χ3n) is 0.852. The molecule has 0 heterocycles. The summed E-state index contributed by atoms with van der Waals surface area (Å²) >= 11 is 0. The summed E-state index contributed by atoms with van der Waals surface area (Å²) in [5.74, 6) is -0.208. The Morgan fingerprint density at radius 3 is 2.30 bits per heavy atom. The van der Waals surface area contributed by atoms with Crippen LogP contribution in [0.1, 0.15) is 20.8 Å². The summed E-state index contributed by atoms with van der Waals surface area (Å²) in [4.78, 5) is 0. The van der Waals surface area contributed by atoms with Crippen LogP contribution in [0.5, 0.6) is 0 Å². The summed E-state index contributed by atoms with van der Waals surface area (Å²) in [6.07, 6.45) is 4.75. The molecule has 0 aromatic heterocycles. The van der Waals surface area contributed by atoms with Gasteiger partial charge in [-0.2, -0.15) is 0 Å². The maximum Gasteiger partial charge on any atom is 0.0968 e. The van der Waals surface area contributed by atoms with Crippen molar-refractivity contribution in [1.82, 2.24) is 0 Å². The van der Waals surface area contributed by atoms with Gasteiger partial charge in [0, 0.05) is 5.54 Å². The first-order chi connectivity index (χ1) is 4.42. The molecule has 0 aliphatic carbocycles. The Labute approximate surface area is 61.4 Å². The van der Waals surface area contributed by atoms with E-state index in [1.165, 1.54) is 13.0 Å². The summed E-state index contributed by atoms with van der Waals surface area (Å²) in [5.41, 5.74) is 5.23. The Morgan fingerprint density at radius 2 is 2.00 bits per heavy atom. The number of nitrogens with two attached hydrogens (primary N) is 1. The smallest absolute Gasteiger partial charge is 0.0968 e. The Bertz CT molecular complexity index is 147. The predicted octanol–water partition coefficient (Wildman–Crippen LogP) is 2.15. The number of allylic oxidation sites excluding steroid dienone is 3. The van der Waals surface area contributed by atoms with Crippen LogP contribution in [0.4, 0.5) is 4.39 Å². The van der Waals surface area contributed by atoms with E-state index in [1.807, 2.05) is 13.8 Å². The molecule has 10 heavy (non-hydrogen) atoms. The van der Waals surface area contributed by atoms with Gasteiger partial charge in [0.15, 0.2) is 0 Å². The standard InChI is InChI=1S/C8H14FN/c1-7(9)5-4-6-8(2,3)10/h4-6H,10H2,1-3H3. The predicted molar refractivity (Wildman–Crippen MR) is 42.3 cm³/mol. The molecule has 0 unspecified atom stereocenters. The van der Waals surface area contributed by atoms with Crippen molar-refractivity contribution in [3.8, 4) is 0 Å². The van der Waals surface area contributed by atoms with Gasteiger partial charge in [0.1, 0.15) is 0 Å². The Morgan fingerprint density at radius 1 is 1.50 bits per heavy atom. The molecule has 58 valence electrons. The zero-order valence-electron chi connectivity index (χ0n) is 6.69. The molecule has 1 nitrogen and oxygen atoms in total. The van der Waals surface area contributed by atoms with Gasteiger partial charge in [0.05, 0.1) is 5.83 Å². The topological polar surface area (TPSA) is 26.0 Å². The second-order valence-corrected chi connectivity index (χ2v) is 2.93. The lowest BCUT2D eigenvalue weighted by molar-refractivity contribution is 0.638. The second-order valence-electron chi connectivity index (χ2n) is 2.93. The van der Waals surface area contributed by atoms with E-state index in [0.29, 0.717) is 0 Å². The minimum Gasteiger partial charge on any atom is -0.322 e. The molecule has 2 heteroatoms. The van der Waals surface area contributed by atoms with Crippen molar-refractivity contribution in [3.63, 3.8) is 0 Å². The third-order valence-corrected chi connectivity index (χ3v) is 0.852. The number of hydrogen-bond acceptors (Lipinski definition) is 1. The molecule has 0 atom stereocenters. The number of halogens is 1. The molecule has 0 aromatic rings. The fraction of sp³-hybridized carbons (Fsp3) is 0.500. The molecule has 0 radical (unpaired) electrons. The van der Waals surface area contributed by atoms with Crippen molar-refractivity contribution in [1.29, 1.82) is 0 Å². The molecular formula is C8H14FN. The van der Waals surface area contributed by atoms with Crippen LogP contribution in [-0.2, 0) is 0 Å². The van der Waals surface area contributed by atoms with Crippen LogP contribution in [0.3, 0.4) is 0 Å². The maximum absolute atomic E-state index is 12.0. The molecule has 0 fully saturated rings. The highest BCUT2D eigenvalue weighted by atomic mass is 19.1. The lowest BCUT2D eigenvalue weighted by atomic mass is 10.1. The van der Waals surface area contributed by atoms with E-state index < -0.39 is 0 Å². The molecule has 2 N–H and O–H groups in total. The molecular weight excluding hydrogens is 129 g/mol. The summed E-state index contributed by atoms with van der Waals surface area (Å²) < 4.78 is 12.0. The first-order valence-corrected chi connectivity index (χ1v) is 3.22. The minimum absolute atomic E-state index is 0.208. The van der Waals surface area contributed by atoms with Crippen LogP contribution in [0, 0.1) is 0 Å². The van der Waals surface area contributed by atoms with Gasteiger partial charge in [-0.3, -0.25) is 0 Å². The van der Waals surface area contributed by atoms with Crippen LogP contribution < -0.4 is 5.73 Å². The molecule has 0 aromatic carbocycles. The molecule has 0 bridgehead atoms.